The van der Waals surface area contributed by atoms with E-state index in [1.165, 1.54) is 43.5 Å². The molecule has 1 N–H and O–H groups in total. The van der Waals surface area contributed by atoms with E-state index in [1.54, 1.807) is 0 Å². The van der Waals surface area contributed by atoms with E-state index in [1.807, 2.05) is 0 Å². The predicted octanol–water partition coefficient (Wildman–Crippen LogP) is 1.94. The number of nitrogens with zero attached hydrogens (tertiary/aromatic N) is 2. The Bertz CT molecular complexity index is 301. The molecule has 1 aliphatic carbocycles. The molecule has 1 heterocycles. The zero-order valence-corrected chi connectivity index (χ0v) is 9.21. The van der Waals surface area contributed by atoms with Crippen LogP contribution >= 0.6 is 0 Å². The molecule has 0 spiro atoms. The van der Waals surface area contributed by atoms with E-state index in [0.29, 0.717) is 6.04 Å². The summed E-state index contributed by atoms with van der Waals surface area (Å²) < 4.78 is 2.22. The molecule has 0 amide bonds. The molecule has 0 fully saturated rings. The highest BCUT2D eigenvalue weighted by Gasteiger charge is 2.23. The Morgan fingerprint density at radius 2 is 1.86 bits per heavy atom. The number of hydrogen-bond donors (Lipinski definition) is 1. The standard InChI is InChI=1S/C11H19N3/c1-9(2)14-11-8-6-4-3-5-7-10(11)12-13-14/h9H,3-8H2,1-2H3/p+1. The van der Waals surface area contributed by atoms with E-state index in [9.17, 15) is 0 Å². The van der Waals surface area contributed by atoms with Crippen molar-refractivity contribution in [3.8, 4) is 0 Å². The Morgan fingerprint density at radius 3 is 2.57 bits per heavy atom. The molecule has 1 aromatic heterocycles. The van der Waals surface area contributed by atoms with E-state index in [0.717, 1.165) is 6.42 Å². The fourth-order valence-corrected chi connectivity index (χ4v) is 2.21. The Morgan fingerprint density at radius 1 is 1.14 bits per heavy atom. The number of aryl methyl sites for hydroxylation is 1. The van der Waals surface area contributed by atoms with Gasteiger partial charge in [-0.3, -0.25) is 0 Å². The lowest BCUT2D eigenvalue weighted by atomic mass is 10.0. The third kappa shape index (κ3) is 1.81. The van der Waals surface area contributed by atoms with Gasteiger partial charge < -0.3 is 0 Å². The first-order valence-electron chi connectivity index (χ1n) is 5.76. The van der Waals surface area contributed by atoms with Gasteiger partial charge in [0.15, 0.2) is 5.69 Å². The number of aromatic amines is 1. The first kappa shape index (κ1) is 9.69. The summed E-state index contributed by atoms with van der Waals surface area (Å²) in [7, 11) is 0. The number of aromatic nitrogens is 3. The quantitative estimate of drug-likeness (QED) is 0.681. The minimum Gasteiger partial charge on any atom is -0.157 e. The molecule has 78 valence electrons. The smallest absolute Gasteiger partial charge is 0.157 e. The van der Waals surface area contributed by atoms with E-state index in [4.69, 9.17) is 0 Å². The van der Waals surface area contributed by atoms with Gasteiger partial charge in [-0.2, -0.15) is 4.68 Å². The monoisotopic (exact) mass is 194 g/mol. The van der Waals surface area contributed by atoms with Gasteiger partial charge in [-0.05, 0) is 26.7 Å². The zero-order chi connectivity index (χ0) is 9.97. The topological polar surface area (TPSA) is 32.6 Å². The average molecular weight is 194 g/mol. The summed E-state index contributed by atoms with van der Waals surface area (Å²) in [6.45, 7) is 4.41. The maximum absolute atomic E-state index is 4.42. The van der Waals surface area contributed by atoms with Crippen LogP contribution in [0.15, 0.2) is 0 Å². The second kappa shape index (κ2) is 4.11. The van der Waals surface area contributed by atoms with E-state index in [-0.39, 0.29) is 0 Å². The molecule has 14 heavy (non-hydrogen) atoms. The van der Waals surface area contributed by atoms with Crippen LogP contribution in [-0.2, 0) is 12.8 Å². The van der Waals surface area contributed by atoms with E-state index in [2.05, 4.69) is 28.8 Å². The molecule has 0 aromatic carbocycles. The molecule has 0 saturated carbocycles. The van der Waals surface area contributed by atoms with E-state index >= 15 is 0 Å². The number of H-pyrrole nitrogens is 1. The maximum atomic E-state index is 4.42. The first-order chi connectivity index (χ1) is 6.79. The van der Waals surface area contributed by atoms with E-state index < -0.39 is 0 Å². The second-order valence-corrected chi connectivity index (χ2v) is 4.48. The highest BCUT2D eigenvalue weighted by Crippen LogP contribution is 2.16. The van der Waals surface area contributed by atoms with Crippen molar-refractivity contribution in [2.75, 3.05) is 0 Å². The Balaban J connectivity index is 2.28. The van der Waals surface area contributed by atoms with Crippen molar-refractivity contribution in [1.29, 1.82) is 0 Å². The van der Waals surface area contributed by atoms with Gasteiger partial charge >= 0.3 is 0 Å². The molecule has 1 aliphatic rings. The number of fused-ring (bicyclic) bond motifs is 1. The van der Waals surface area contributed by atoms with Crippen LogP contribution < -0.4 is 4.68 Å². The molecular weight excluding hydrogens is 174 g/mol. The average Bonchev–Trinajstić information content (AvgIpc) is 2.47. The molecule has 3 heteroatoms. The summed E-state index contributed by atoms with van der Waals surface area (Å²) in [5, 5.41) is 7.56. The summed E-state index contributed by atoms with van der Waals surface area (Å²) in [4.78, 5) is 0. The van der Waals surface area contributed by atoms with Gasteiger partial charge in [-0.15, -0.1) is 0 Å². The van der Waals surface area contributed by atoms with Crippen molar-refractivity contribution in [3.63, 3.8) is 0 Å². The number of rotatable bonds is 1. The van der Waals surface area contributed by atoms with Crippen molar-refractivity contribution >= 4 is 0 Å². The highest BCUT2D eigenvalue weighted by molar-refractivity contribution is 5.05. The molecule has 0 radical (unpaired) electrons. The second-order valence-electron chi connectivity index (χ2n) is 4.48. The molecular formula is C11H20N3+. The van der Waals surface area contributed by atoms with Gasteiger partial charge in [0.2, 0.25) is 5.69 Å². The van der Waals surface area contributed by atoms with Crippen molar-refractivity contribution in [2.24, 2.45) is 0 Å². The minimum absolute atomic E-state index is 0.505. The summed E-state index contributed by atoms with van der Waals surface area (Å²) in [6.07, 6.45) is 7.72. The largest absolute Gasteiger partial charge is 0.221 e. The van der Waals surface area contributed by atoms with Crippen molar-refractivity contribution in [2.45, 2.75) is 58.4 Å². The third-order valence-electron chi connectivity index (χ3n) is 3.01. The lowest BCUT2D eigenvalue weighted by Gasteiger charge is -2.07. The van der Waals surface area contributed by atoms with Crippen LogP contribution in [0, 0.1) is 0 Å². The molecule has 0 unspecified atom stereocenters. The van der Waals surface area contributed by atoms with Crippen LogP contribution in [0.4, 0.5) is 0 Å². The van der Waals surface area contributed by atoms with Gasteiger partial charge in [0.25, 0.3) is 0 Å². The first-order valence-corrected chi connectivity index (χ1v) is 5.76. The summed E-state index contributed by atoms with van der Waals surface area (Å²) in [5.41, 5.74) is 2.75. The zero-order valence-electron chi connectivity index (χ0n) is 9.21. The van der Waals surface area contributed by atoms with Crippen LogP contribution in [0.25, 0.3) is 0 Å². The van der Waals surface area contributed by atoms with Crippen LogP contribution in [0.1, 0.15) is 57.0 Å². The van der Waals surface area contributed by atoms with Gasteiger partial charge in [0.05, 0.1) is 0 Å². The number of nitrogens with one attached hydrogen (secondary N) is 1. The van der Waals surface area contributed by atoms with Gasteiger partial charge in [0.1, 0.15) is 6.04 Å². The minimum atomic E-state index is 0.505. The van der Waals surface area contributed by atoms with Crippen LogP contribution in [0.5, 0.6) is 0 Å². The highest BCUT2D eigenvalue weighted by atomic mass is 15.4. The molecule has 3 nitrogen and oxygen atoms in total. The van der Waals surface area contributed by atoms with Crippen molar-refractivity contribution in [1.82, 2.24) is 10.3 Å². The van der Waals surface area contributed by atoms with Crippen LogP contribution in [0.2, 0.25) is 0 Å². The summed E-state index contributed by atoms with van der Waals surface area (Å²) in [6, 6.07) is 0.505. The lowest BCUT2D eigenvalue weighted by Crippen LogP contribution is -2.42. The summed E-state index contributed by atoms with van der Waals surface area (Å²) in [5.74, 6) is 0. The van der Waals surface area contributed by atoms with Gasteiger partial charge in [-0.1, -0.05) is 18.1 Å². The van der Waals surface area contributed by atoms with Crippen molar-refractivity contribution in [3.05, 3.63) is 11.4 Å². The lowest BCUT2D eigenvalue weighted by molar-refractivity contribution is -0.777. The van der Waals surface area contributed by atoms with Crippen molar-refractivity contribution < 1.29 is 4.68 Å². The fraction of sp³-hybridized carbons (Fsp3) is 0.818. The molecule has 0 aliphatic heterocycles. The molecule has 2 rings (SSSR count). The maximum Gasteiger partial charge on any atom is 0.221 e. The fourth-order valence-electron chi connectivity index (χ4n) is 2.21. The van der Waals surface area contributed by atoms with Gasteiger partial charge in [0, 0.05) is 17.9 Å². The Hall–Kier alpha value is -0.860. The predicted molar refractivity (Wildman–Crippen MR) is 55.0 cm³/mol. The van der Waals surface area contributed by atoms with Crippen LogP contribution in [0.3, 0.4) is 0 Å². The Labute approximate surface area is 85.5 Å². The third-order valence-corrected chi connectivity index (χ3v) is 3.01. The molecule has 1 aromatic rings. The SMILES string of the molecule is CC(C)[n+]1[nH]nc2c1CCCCCC2. The molecule has 0 atom stereocenters. The van der Waals surface area contributed by atoms with Gasteiger partial charge in [-0.25, -0.2) is 0 Å². The summed E-state index contributed by atoms with van der Waals surface area (Å²) >= 11 is 0. The Kier molecular flexibility index (Phi) is 2.85. The number of hydrogen-bond acceptors (Lipinski definition) is 1. The normalized spacial score (nSPS) is 17.6. The molecule has 0 bridgehead atoms. The van der Waals surface area contributed by atoms with Crippen LogP contribution in [-0.4, -0.2) is 10.3 Å². The molecule has 0 saturated heterocycles.